The van der Waals surface area contributed by atoms with Crippen molar-refractivity contribution in [3.05, 3.63) is 41.1 Å². The van der Waals surface area contributed by atoms with Crippen molar-refractivity contribution in [2.45, 2.75) is 18.9 Å². The van der Waals surface area contributed by atoms with Crippen LogP contribution in [0.1, 0.15) is 12.8 Å². The zero-order valence-corrected chi connectivity index (χ0v) is 15.5. The number of fused-ring (bicyclic) bond motifs is 1. The summed E-state index contributed by atoms with van der Waals surface area (Å²) in [5.41, 5.74) is 7.01. The smallest absolute Gasteiger partial charge is 0.261 e. The molecule has 0 bridgehead atoms. The highest BCUT2D eigenvalue weighted by molar-refractivity contribution is 5.93. The van der Waals surface area contributed by atoms with Crippen molar-refractivity contribution in [2.75, 3.05) is 31.2 Å². The van der Waals surface area contributed by atoms with Gasteiger partial charge in [0.1, 0.15) is 5.82 Å². The molecule has 1 aliphatic heterocycles. The number of likely N-dealkylation sites (tertiary alicyclic amines) is 1. The van der Waals surface area contributed by atoms with Crippen LogP contribution in [0.25, 0.3) is 22.0 Å². The second kappa shape index (κ2) is 6.96. The van der Waals surface area contributed by atoms with Gasteiger partial charge in [0.2, 0.25) is 5.95 Å². The molecule has 0 unspecified atom stereocenters. The number of pyridine rings is 2. The maximum atomic E-state index is 12.8. The molecule has 140 valence electrons. The molecular formula is C19H23N7O. The minimum atomic E-state index is -0.0597. The van der Waals surface area contributed by atoms with Crippen LogP contribution in [0.4, 0.5) is 11.8 Å². The maximum absolute atomic E-state index is 12.8. The molecule has 3 N–H and O–H groups in total. The SMILES string of the molecule is CN1CCC(Nc2nc(-c3cnc(N)nc3)cc3ccn(C)c(=O)c23)CC1. The summed E-state index contributed by atoms with van der Waals surface area (Å²) in [5, 5.41) is 4.97. The van der Waals surface area contributed by atoms with Gasteiger partial charge in [-0.3, -0.25) is 4.79 Å². The minimum absolute atomic E-state index is 0.0597. The lowest BCUT2D eigenvalue weighted by atomic mass is 10.0. The van der Waals surface area contributed by atoms with E-state index in [1.807, 2.05) is 12.1 Å². The number of nitrogens with one attached hydrogen (secondary N) is 1. The molecule has 4 heterocycles. The van der Waals surface area contributed by atoms with E-state index in [4.69, 9.17) is 10.7 Å². The van der Waals surface area contributed by atoms with Crippen LogP contribution in [0.5, 0.6) is 0 Å². The molecule has 0 aromatic carbocycles. The van der Waals surface area contributed by atoms with Gasteiger partial charge in [0.05, 0.1) is 11.1 Å². The molecule has 1 aliphatic rings. The Balaban J connectivity index is 1.81. The van der Waals surface area contributed by atoms with Gasteiger partial charge < -0.3 is 20.5 Å². The van der Waals surface area contributed by atoms with Gasteiger partial charge in [-0.2, -0.15) is 0 Å². The first-order chi connectivity index (χ1) is 13.0. The molecule has 8 heteroatoms. The lowest BCUT2D eigenvalue weighted by Crippen LogP contribution is -2.37. The maximum Gasteiger partial charge on any atom is 0.261 e. The number of nitrogens with two attached hydrogens (primary N) is 1. The standard InChI is InChI=1S/C19H23N7O/c1-25-6-4-14(5-7-25)23-17-16-12(3-8-26(2)18(16)27)9-15(24-17)13-10-21-19(20)22-11-13/h3,8-11,14H,4-7H2,1-2H3,(H,23,24)(H2,20,21,22). The van der Waals surface area contributed by atoms with Crippen molar-refractivity contribution < 1.29 is 0 Å². The first kappa shape index (κ1) is 17.4. The summed E-state index contributed by atoms with van der Waals surface area (Å²) in [6, 6.07) is 4.12. The van der Waals surface area contributed by atoms with Gasteiger partial charge in [-0.15, -0.1) is 0 Å². The van der Waals surface area contributed by atoms with Gasteiger partial charge in [0.25, 0.3) is 5.56 Å². The van der Waals surface area contributed by atoms with E-state index in [1.54, 1.807) is 30.2 Å². The molecule has 1 fully saturated rings. The predicted molar refractivity (Wildman–Crippen MR) is 107 cm³/mol. The number of aryl methyl sites for hydroxylation is 1. The van der Waals surface area contributed by atoms with Crippen molar-refractivity contribution in [3.8, 4) is 11.3 Å². The zero-order chi connectivity index (χ0) is 19.0. The van der Waals surface area contributed by atoms with Gasteiger partial charge in [0.15, 0.2) is 0 Å². The van der Waals surface area contributed by atoms with Crippen LogP contribution >= 0.6 is 0 Å². The van der Waals surface area contributed by atoms with E-state index in [2.05, 4.69) is 27.2 Å². The van der Waals surface area contributed by atoms with Crippen LogP contribution < -0.4 is 16.6 Å². The first-order valence-corrected chi connectivity index (χ1v) is 9.04. The van der Waals surface area contributed by atoms with Crippen molar-refractivity contribution in [1.29, 1.82) is 0 Å². The number of nitrogen functional groups attached to an aromatic ring is 1. The topological polar surface area (TPSA) is 102 Å². The van der Waals surface area contributed by atoms with Crippen LogP contribution in [0, 0.1) is 0 Å². The third kappa shape index (κ3) is 3.48. The lowest BCUT2D eigenvalue weighted by Gasteiger charge is -2.30. The number of aromatic nitrogens is 4. The molecule has 0 aliphatic carbocycles. The third-order valence-electron chi connectivity index (χ3n) is 5.09. The molecule has 8 nitrogen and oxygen atoms in total. The molecule has 0 spiro atoms. The second-order valence-corrected chi connectivity index (χ2v) is 7.10. The fourth-order valence-corrected chi connectivity index (χ4v) is 3.43. The van der Waals surface area contributed by atoms with Crippen molar-refractivity contribution >= 4 is 22.5 Å². The van der Waals surface area contributed by atoms with Gasteiger partial charge in [-0.1, -0.05) is 0 Å². The molecule has 0 atom stereocenters. The van der Waals surface area contributed by atoms with Gasteiger partial charge >= 0.3 is 0 Å². The Morgan fingerprint density at radius 3 is 2.59 bits per heavy atom. The number of piperidine rings is 1. The second-order valence-electron chi connectivity index (χ2n) is 7.10. The van der Waals surface area contributed by atoms with E-state index in [0.717, 1.165) is 36.9 Å². The van der Waals surface area contributed by atoms with Crippen LogP contribution in [-0.2, 0) is 7.05 Å². The Morgan fingerprint density at radius 1 is 1.19 bits per heavy atom. The predicted octanol–water partition coefficient (Wildman–Crippen LogP) is 1.48. The highest BCUT2D eigenvalue weighted by Crippen LogP contribution is 2.27. The normalized spacial score (nSPS) is 15.9. The number of anilines is 2. The number of hydrogen-bond acceptors (Lipinski definition) is 7. The summed E-state index contributed by atoms with van der Waals surface area (Å²) < 4.78 is 1.58. The van der Waals surface area contributed by atoms with Crippen LogP contribution in [0.15, 0.2) is 35.5 Å². The van der Waals surface area contributed by atoms with Crippen molar-refractivity contribution in [1.82, 2.24) is 24.4 Å². The summed E-state index contributed by atoms with van der Waals surface area (Å²) in [6.07, 6.45) is 7.10. The minimum Gasteiger partial charge on any atom is -0.368 e. The largest absolute Gasteiger partial charge is 0.368 e. The Kier molecular flexibility index (Phi) is 4.49. The average Bonchev–Trinajstić information content (AvgIpc) is 2.67. The summed E-state index contributed by atoms with van der Waals surface area (Å²) in [6.45, 7) is 2.05. The number of rotatable bonds is 3. The summed E-state index contributed by atoms with van der Waals surface area (Å²) in [7, 11) is 3.88. The third-order valence-corrected chi connectivity index (χ3v) is 5.09. The van der Waals surface area contributed by atoms with Crippen LogP contribution in [0.3, 0.4) is 0 Å². The van der Waals surface area contributed by atoms with E-state index < -0.39 is 0 Å². The first-order valence-electron chi connectivity index (χ1n) is 9.04. The van der Waals surface area contributed by atoms with E-state index in [1.165, 1.54) is 0 Å². The molecule has 3 aromatic heterocycles. The van der Waals surface area contributed by atoms with E-state index in [9.17, 15) is 4.79 Å². The molecule has 0 radical (unpaired) electrons. The highest BCUT2D eigenvalue weighted by atomic mass is 16.1. The van der Waals surface area contributed by atoms with E-state index >= 15 is 0 Å². The van der Waals surface area contributed by atoms with Crippen molar-refractivity contribution in [2.24, 2.45) is 7.05 Å². The monoisotopic (exact) mass is 365 g/mol. The number of nitrogens with zero attached hydrogens (tertiary/aromatic N) is 5. The van der Waals surface area contributed by atoms with Crippen molar-refractivity contribution in [3.63, 3.8) is 0 Å². The fourth-order valence-electron chi connectivity index (χ4n) is 3.43. The zero-order valence-electron chi connectivity index (χ0n) is 15.5. The van der Waals surface area contributed by atoms with Gasteiger partial charge in [-0.05, 0) is 50.5 Å². The van der Waals surface area contributed by atoms with E-state index in [-0.39, 0.29) is 11.5 Å². The quantitative estimate of drug-likeness (QED) is 0.725. The molecule has 3 aromatic rings. The van der Waals surface area contributed by atoms with Crippen LogP contribution in [-0.4, -0.2) is 50.6 Å². The molecule has 1 saturated heterocycles. The van der Waals surface area contributed by atoms with Gasteiger partial charge in [-0.25, -0.2) is 15.0 Å². The average molecular weight is 365 g/mol. The Hall–Kier alpha value is -3.00. The van der Waals surface area contributed by atoms with Gasteiger partial charge in [0, 0.05) is 37.2 Å². The lowest BCUT2D eigenvalue weighted by molar-refractivity contribution is 0.264. The highest BCUT2D eigenvalue weighted by Gasteiger charge is 2.20. The summed E-state index contributed by atoms with van der Waals surface area (Å²) >= 11 is 0. The van der Waals surface area contributed by atoms with E-state index in [0.29, 0.717) is 22.9 Å². The Bertz CT molecular complexity index is 1020. The Morgan fingerprint density at radius 2 is 1.89 bits per heavy atom. The van der Waals surface area contributed by atoms with Crippen LogP contribution in [0.2, 0.25) is 0 Å². The molecule has 27 heavy (non-hydrogen) atoms. The fraction of sp³-hybridized carbons (Fsp3) is 0.368. The number of hydrogen-bond donors (Lipinski definition) is 2. The Labute approximate surface area is 157 Å². The summed E-state index contributed by atoms with van der Waals surface area (Å²) in [4.78, 5) is 27.9. The summed E-state index contributed by atoms with van der Waals surface area (Å²) in [5.74, 6) is 0.841. The molecular weight excluding hydrogens is 342 g/mol. The molecule has 0 saturated carbocycles. The molecule has 0 amide bonds. The molecule has 4 rings (SSSR count).